The summed E-state index contributed by atoms with van der Waals surface area (Å²) >= 11 is 0. The molecule has 186 valence electrons. The second-order valence-corrected chi connectivity index (χ2v) is 8.35. The Labute approximate surface area is 205 Å². The number of benzene rings is 2. The number of aromatic nitrogens is 2. The van der Waals surface area contributed by atoms with Crippen molar-refractivity contribution in [3.8, 4) is 5.75 Å². The van der Waals surface area contributed by atoms with Gasteiger partial charge >= 0.3 is 0 Å². The fourth-order valence-corrected chi connectivity index (χ4v) is 4.22. The lowest BCUT2D eigenvalue weighted by Gasteiger charge is -2.29. The molecule has 6 heteroatoms. The maximum atomic E-state index is 11.3. The summed E-state index contributed by atoms with van der Waals surface area (Å²) in [6, 6.07) is 12.9. The minimum Gasteiger partial charge on any atom is -0.482 e. The zero-order valence-corrected chi connectivity index (χ0v) is 22.3. The Bertz CT molecular complexity index is 1050. The molecule has 3 heterocycles. The number of carbonyl (C=O) groups excluding carboxylic acids is 1. The SMILES string of the molecule is CC.CC.Cc1ccc2cnn(C3CCN(C)CC3)c2c1.Cc1cccc2c1N(C)C(=O)CO2. The largest absolute Gasteiger partial charge is 0.482 e. The third-order valence-electron chi connectivity index (χ3n) is 6.05. The van der Waals surface area contributed by atoms with Crippen molar-refractivity contribution in [3.63, 3.8) is 0 Å². The van der Waals surface area contributed by atoms with Crippen molar-refractivity contribution in [2.24, 2.45) is 0 Å². The minimum atomic E-state index is 0.00167. The van der Waals surface area contributed by atoms with Crippen molar-refractivity contribution in [3.05, 3.63) is 53.7 Å². The van der Waals surface area contributed by atoms with Crippen LogP contribution in [0.5, 0.6) is 5.75 Å². The smallest absolute Gasteiger partial charge is 0.264 e. The van der Waals surface area contributed by atoms with Gasteiger partial charge in [0.2, 0.25) is 0 Å². The molecule has 5 rings (SSSR count). The molecule has 0 aliphatic carbocycles. The van der Waals surface area contributed by atoms with E-state index in [0.717, 1.165) is 17.0 Å². The molecule has 2 aliphatic rings. The molecule has 0 N–H and O–H groups in total. The van der Waals surface area contributed by atoms with E-state index in [1.54, 1.807) is 11.9 Å². The molecule has 3 aromatic rings. The van der Waals surface area contributed by atoms with Crippen molar-refractivity contribution in [1.29, 1.82) is 0 Å². The molecule has 0 spiro atoms. The third kappa shape index (κ3) is 6.38. The molecule has 1 aromatic heterocycles. The number of para-hydroxylation sites is 1. The highest BCUT2D eigenvalue weighted by Crippen LogP contribution is 2.33. The van der Waals surface area contributed by atoms with Crippen LogP contribution in [-0.4, -0.2) is 54.4 Å². The van der Waals surface area contributed by atoms with Gasteiger partial charge in [0.15, 0.2) is 6.61 Å². The van der Waals surface area contributed by atoms with E-state index in [2.05, 4.69) is 46.9 Å². The summed E-state index contributed by atoms with van der Waals surface area (Å²) < 4.78 is 7.53. The average Bonchev–Trinajstić information content (AvgIpc) is 3.28. The number of rotatable bonds is 1. The molecule has 1 fully saturated rings. The predicted octanol–water partition coefficient (Wildman–Crippen LogP) is 6.01. The Balaban J connectivity index is 0.000000215. The zero-order chi connectivity index (χ0) is 25.3. The Hall–Kier alpha value is -2.86. The van der Waals surface area contributed by atoms with Crippen molar-refractivity contribution < 1.29 is 9.53 Å². The third-order valence-corrected chi connectivity index (χ3v) is 6.05. The fourth-order valence-electron chi connectivity index (χ4n) is 4.22. The van der Waals surface area contributed by atoms with Crippen LogP contribution in [0, 0.1) is 13.8 Å². The summed E-state index contributed by atoms with van der Waals surface area (Å²) in [6.07, 6.45) is 4.41. The number of nitrogens with zero attached hydrogens (tertiary/aromatic N) is 4. The van der Waals surface area contributed by atoms with E-state index in [-0.39, 0.29) is 12.5 Å². The maximum Gasteiger partial charge on any atom is 0.264 e. The van der Waals surface area contributed by atoms with Crippen LogP contribution >= 0.6 is 0 Å². The lowest BCUT2D eigenvalue weighted by atomic mass is 10.1. The van der Waals surface area contributed by atoms with E-state index in [4.69, 9.17) is 4.74 Å². The van der Waals surface area contributed by atoms with E-state index >= 15 is 0 Å². The van der Waals surface area contributed by atoms with Gasteiger partial charge in [-0.15, -0.1) is 0 Å². The van der Waals surface area contributed by atoms with Crippen LogP contribution in [0.4, 0.5) is 5.69 Å². The number of carbonyl (C=O) groups is 1. The number of hydrogen-bond acceptors (Lipinski definition) is 4. The number of amides is 1. The molecule has 2 aromatic carbocycles. The normalized spacial score (nSPS) is 15.6. The van der Waals surface area contributed by atoms with Crippen LogP contribution in [0.3, 0.4) is 0 Å². The highest BCUT2D eigenvalue weighted by Gasteiger charge is 2.23. The van der Waals surface area contributed by atoms with Gasteiger partial charge in [0.05, 0.1) is 23.4 Å². The predicted molar refractivity (Wildman–Crippen MR) is 143 cm³/mol. The number of aryl methyl sites for hydroxylation is 2. The van der Waals surface area contributed by atoms with Crippen LogP contribution in [0.25, 0.3) is 10.9 Å². The van der Waals surface area contributed by atoms with Gasteiger partial charge in [-0.3, -0.25) is 9.48 Å². The first kappa shape index (κ1) is 27.4. The van der Waals surface area contributed by atoms with Crippen LogP contribution < -0.4 is 9.64 Å². The van der Waals surface area contributed by atoms with Crippen LogP contribution in [0.2, 0.25) is 0 Å². The number of likely N-dealkylation sites (tertiary alicyclic amines) is 1. The first-order valence-corrected chi connectivity index (χ1v) is 12.6. The maximum absolute atomic E-state index is 11.3. The minimum absolute atomic E-state index is 0.00167. The molecule has 0 saturated carbocycles. The molecule has 1 saturated heterocycles. The average molecular weight is 467 g/mol. The van der Waals surface area contributed by atoms with Gasteiger partial charge in [0.25, 0.3) is 5.91 Å². The van der Waals surface area contributed by atoms with Gasteiger partial charge in [-0.05, 0) is 70.1 Å². The Morgan fingerprint density at radius 1 is 0.971 bits per heavy atom. The van der Waals surface area contributed by atoms with Gasteiger partial charge in [-0.1, -0.05) is 52.0 Å². The lowest BCUT2D eigenvalue weighted by molar-refractivity contribution is -0.121. The van der Waals surface area contributed by atoms with E-state index < -0.39 is 0 Å². The van der Waals surface area contributed by atoms with E-state index in [1.165, 1.54) is 42.4 Å². The molecule has 0 unspecified atom stereocenters. The van der Waals surface area contributed by atoms with E-state index in [9.17, 15) is 4.79 Å². The summed E-state index contributed by atoms with van der Waals surface area (Å²) in [5.41, 5.74) is 4.55. The summed E-state index contributed by atoms with van der Waals surface area (Å²) in [5.74, 6) is 0.795. The van der Waals surface area contributed by atoms with Gasteiger partial charge < -0.3 is 14.5 Å². The van der Waals surface area contributed by atoms with E-state index in [1.807, 2.05) is 59.0 Å². The molecule has 6 nitrogen and oxygen atoms in total. The molecular formula is C28H42N4O2. The molecule has 34 heavy (non-hydrogen) atoms. The number of ether oxygens (including phenoxy) is 1. The fraction of sp³-hybridized carbons (Fsp3) is 0.500. The molecule has 0 atom stereocenters. The summed E-state index contributed by atoms with van der Waals surface area (Å²) in [7, 11) is 3.97. The Morgan fingerprint density at radius 3 is 2.32 bits per heavy atom. The number of piperidine rings is 1. The first-order chi connectivity index (χ1) is 16.4. The first-order valence-electron chi connectivity index (χ1n) is 12.6. The number of anilines is 1. The molecule has 1 amide bonds. The Morgan fingerprint density at radius 2 is 1.65 bits per heavy atom. The molecule has 0 radical (unpaired) electrons. The number of hydrogen-bond donors (Lipinski definition) is 0. The van der Waals surface area contributed by atoms with Crippen LogP contribution in [0.1, 0.15) is 57.7 Å². The van der Waals surface area contributed by atoms with Crippen LogP contribution in [0.15, 0.2) is 42.6 Å². The monoisotopic (exact) mass is 466 g/mol. The van der Waals surface area contributed by atoms with Crippen molar-refractivity contribution in [2.45, 2.75) is 60.4 Å². The highest BCUT2D eigenvalue weighted by molar-refractivity contribution is 5.98. The van der Waals surface area contributed by atoms with Gasteiger partial charge in [0, 0.05) is 12.4 Å². The summed E-state index contributed by atoms with van der Waals surface area (Å²) in [4.78, 5) is 15.4. The second-order valence-electron chi connectivity index (χ2n) is 8.35. The lowest BCUT2D eigenvalue weighted by Crippen LogP contribution is -2.35. The molecule has 2 aliphatic heterocycles. The standard InChI is InChI=1S/C14H19N3.C10H11NO2.2C2H6/c1-11-3-4-12-10-15-17(14(12)9-11)13-5-7-16(2)8-6-13;1-7-4-3-5-8-10(7)11(2)9(12)6-13-8;2*1-2/h3-4,9-10,13H,5-8H2,1-2H3;3-5H,6H2,1-2H3;2*1-2H3. The molecule has 0 bridgehead atoms. The molecular weight excluding hydrogens is 424 g/mol. The van der Waals surface area contributed by atoms with Gasteiger partial charge in [0.1, 0.15) is 5.75 Å². The Kier molecular flexibility index (Phi) is 10.6. The summed E-state index contributed by atoms with van der Waals surface area (Å²) in [5, 5.41) is 5.84. The van der Waals surface area contributed by atoms with Crippen LogP contribution in [-0.2, 0) is 4.79 Å². The number of likely N-dealkylation sites (N-methyl/N-ethyl adjacent to an activating group) is 1. The topological polar surface area (TPSA) is 50.6 Å². The van der Waals surface area contributed by atoms with Crippen molar-refractivity contribution in [2.75, 3.05) is 38.7 Å². The summed E-state index contributed by atoms with van der Waals surface area (Å²) in [6.45, 7) is 14.6. The van der Waals surface area contributed by atoms with Crippen molar-refractivity contribution in [1.82, 2.24) is 14.7 Å². The highest BCUT2D eigenvalue weighted by atomic mass is 16.5. The van der Waals surface area contributed by atoms with Crippen molar-refractivity contribution >= 4 is 22.5 Å². The quantitative estimate of drug-likeness (QED) is 0.440. The van der Waals surface area contributed by atoms with Gasteiger partial charge in [-0.25, -0.2) is 0 Å². The zero-order valence-electron chi connectivity index (χ0n) is 22.3. The number of fused-ring (bicyclic) bond motifs is 2. The van der Waals surface area contributed by atoms with Gasteiger partial charge in [-0.2, -0.15) is 5.10 Å². The second kappa shape index (κ2) is 13.1. The van der Waals surface area contributed by atoms with E-state index in [0.29, 0.717) is 6.04 Å².